The molecule has 0 spiro atoms. The molecule has 0 saturated heterocycles. The third-order valence-electron chi connectivity index (χ3n) is 1.99. The van der Waals surface area contributed by atoms with Crippen molar-refractivity contribution in [3.8, 4) is 11.6 Å². The fourth-order valence-corrected chi connectivity index (χ4v) is 1.23. The number of methoxy groups -OCH3 is 2. The predicted octanol–water partition coefficient (Wildman–Crippen LogP) is 1.66. The first-order valence-electron chi connectivity index (χ1n) is 4.31. The van der Waals surface area contributed by atoms with E-state index >= 15 is 0 Å². The summed E-state index contributed by atoms with van der Waals surface area (Å²) in [6.45, 7) is 0. The zero-order valence-electron chi connectivity index (χ0n) is 8.71. The van der Waals surface area contributed by atoms with Gasteiger partial charge in [0.15, 0.2) is 0 Å². The van der Waals surface area contributed by atoms with Crippen LogP contribution in [0.1, 0.15) is 11.6 Å². The molecule has 1 unspecified atom stereocenters. The molecule has 0 aliphatic carbocycles. The SMILES string of the molecule is COc1ccnc(OC)c1C(N)C(F)(F)F. The first-order chi connectivity index (χ1) is 7.41. The maximum atomic E-state index is 12.5. The zero-order valence-corrected chi connectivity index (χ0v) is 8.71. The molecule has 0 radical (unpaired) electrons. The molecule has 90 valence electrons. The van der Waals surface area contributed by atoms with Crippen molar-refractivity contribution in [2.75, 3.05) is 14.2 Å². The van der Waals surface area contributed by atoms with E-state index in [1.54, 1.807) is 0 Å². The number of nitrogens with zero attached hydrogens (tertiary/aromatic N) is 1. The van der Waals surface area contributed by atoms with Gasteiger partial charge in [0, 0.05) is 6.20 Å². The van der Waals surface area contributed by atoms with E-state index in [1.165, 1.54) is 26.5 Å². The average Bonchev–Trinajstić information content (AvgIpc) is 2.25. The molecule has 2 N–H and O–H groups in total. The quantitative estimate of drug-likeness (QED) is 0.867. The number of ether oxygens (including phenoxy) is 2. The van der Waals surface area contributed by atoms with Gasteiger partial charge < -0.3 is 15.2 Å². The number of rotatable bonds is 3. The summed E-state index contributed by atoms with van der Waals surface area (Å²) in [6.07, 6.45) is -3.30. The van der Waals surface area contributed by atoms with Crippen LogP contribution in [0.4, 0.5) is 13.2 Å². The second-order valence-corrected chi connectivity index (χ2v) is 2.96. The number of hydrogen-bond donors (Lipinski definition) is 1. The highest BCUT2D eigenvalue weighted by Gasteiger charge is 2.41. The van der Waals surface area contributed by atoms with Crippen molar-refractivity contribution in [2.24, 2.45) is 5.73 Å². The van der Waals surface area contributed by atoms with E-state index in [4.69, 9.17) is 15.2 Å². The van der Waals surface area contributed by atoms with Gasteiger partial charge in [0.1, 0.15) is 11.8 Å². The van der Waals surface area contributed by atoms with E-state index in [-0.39, 0.29) is 17.2 Å². The Morgan fingerprint density at radius 2 is 1.94 bits per heavy atom. The van der Waals surface area contributed by atoms with Crippen LogP contribution in [0.3, 0.4) is 0 Å². The lowest BCUT2D eigenvalue weighted by Gasteiger charge is -2.19. The van der Waals surface area contributed by atoms with Crippen LogP contribution >= 0.6 is 0 Å². The Kier molecular flexibility index (Phi) is 3.58. The highest BCUT2D eigenvalue weighted by atomic mass is 19.4. The molecule has 0 aliphatic heterocycles. The number of nitrogens with two attached hydrogens (primary N) is 1. The van der Waals surface area contributed by atoms with E-state index in [1.807, 2.05) is 0 Å². The molecule has 0 bridgehead atoms. The molecule has 4 nitrogen and oxygen atoms in total. The van der Waals surface area contributed by atoms with Crippen LogP contribution in [0, 0.1) is 0 Å². The molecule has 1 rings (SSSR count). The van der Waals surface area contributed by atoms with Gasteiger partial charge in [-0.3, -0.25) is 0 Å². The van der Waals surface area contributed by atoms with Crippen LogP contribution < -0.4 is 15.2 Å². The Morgan fingerprint density at radius 3 is 2.38 bits per heavy atom. The maximum absolute atomic E-state index is 12.5. The zero-order chi connectivity index (χ0) is 12.3. The van der Waals surface area contributed by atoms with Crippen LogP contribution in [0.15, 0.2) is 12.3 Å². The monoisotopic (exact) mass is 236 g/mol. The fraction of sp³-hybridized carbons (Fsp3) is 0.444. The summed E-state index contributed by atoms with van der Waals surface area (Å²) in [4.78, 5) is 3.66. The second-order valence-electron chi connectivity index (χ2n) is 2.96. The van der Waals surface area contributed by atoms with Crippen molar-refractivity contribution in [3.63, 3.8) is 0 Å². The minimum atomic E-state index is -4.58. The van der Waals surface area contributed by atoms with Gasteiger partial charge in [-0.15, -0.1) is 0 Å². The van der Waals surface area contributed by atoms with Crippen molar-refractivity contribution in [1.82, 2.24) is 4.98 Å². The summed E-state index contributed by atoms with van der Waals surface area (Å²) in [5, 5.41) is 0. The highest BCUT2D eigenvalue weighted by molar-refractivity contribution is 5.42. The lowest BCUT2D eigenvalue weighted by molar-refractivity contribution is -0.149. The second kappa shape index (κ2) is 4.56. The molecule has 0 aliphatic rings. The van der Waals surface area contributed by atoms with Gasteiger partial charge in [-0.2, -0.15) is 13.2 Å². The number of aromatic nitrogens is 1. The van der Waals surface area contributed by atoms with Gasteiger partial charge in [-0.25, -0.2) is 4.98 Å². The normalized spacial score (nSPS) is 13.4. The molecular formula is C9H11F3N2O2. The summed E-state index contributed by atoms with van der Waals surface area (Å²) in [7, 11) is 2.47. The Balaban J connectivity index is 3.28. The summed E-state index contributed by atoms with van der Waals surface area (Å²) in [5.74, 6) is -0.194. The van der Waals surface area contributed by atoms with E-state index < -0.39 is 12.2 Å². The summed E-state index contributed by atoms with van der Waals surface area (Å²) < 4.78 is 47.0. The van der Waals surface area contributed by atoms with Gasteiger partial charge in [-0.1, -0.05) is 0 Å². The van der Waals surface area contributed by atoms with Crippen LogP contribution in [0.5, 0.6) is 11.6 Å². The van der Waals surface area contributed by atoms with Crippen LogP contribution in [-0.4, -0.2) is 25.4 Å². The van der Waals surface area contributed by atoms with E-state index in [0.29, 0.717) is 0 Å². The molecule has 16 heavy (non-hydrogen) atoms. The molecule has 0 saturated carbocycles. The Morgan fingerprint density at radius 1 is 1.31 bits per heavy atom. The molecule has 7 heteroatoms. The molecule has 0 aromatic carbocycles. The molecule has 1 aromatic rings. The van der Waals surface area contributed by atoms with Gasteiger partial charge in [0.2, 0.25) is 5.88 Å². The largest absolute Gasteiger partial charge is 0.496 e. The van der Waals surface area contributed by atoms with E-state index in [2.05, 4.69) is 4.98 Å². The van der Waals surface area contributed by atoms with Gasteiger partial charge >= 0.3 is 6.18 Å². The summed E-state index contributed by atoms with van der Waals surface area (Å²) in [5.41, 5.74) is 4.79. The van der Waals surface area contributed by atoms with Crippen molar-refractivity contribution < 1.29 is 22.6 Å². The van der Waals surface area contributed by atoms with Crippen molar-refractivity contribution in [2.45, 2.75) is 12.2 Å². The predicted molar refractivity (Wildman–Crippen MR) is 50.3 cm³/mol. The molecule has 0 fully saturated rings. The Hall–Kier alpha value is -1.50. The number of pyridine rings is 1. The summed E-state index contributed by atoms with van der Waals surface area (Å²) >= 11 is 0. The van der Waals surface area contributed by atoms with E-state index in [0.717, 1.165) is 0 Å². The first-order valence-corrected chi connectivity index (χ1v) is 4.31. The maximum Gasteiger partial charge on any atom is 0.408 e. The topological polar surface area (TPSA) is 57.4 Å². The smallest absolute Gasteiger partial charge is 0.408 e. The van der Waals surface area contributed by atoms with Crippen LogP contribution in [0.25, 0.3) is 0 Å². The molecule has 1 aromatic heterocycles. The number of hydrogen-bond acceptors (Lipinski definition) is 4. The lowest BCUT2D eigenvalue weighted by Crippen LogP contribution is -2.29. The molecule has 0 amide bonds. The van der Waals surface area contributed by atoms with Gasteiger partial charge in [0.05, 0.1) is 19.8 Å². The first kappa shape index (κ1) is 12.6. The minimum Gasteiger partial charge on any atom is -0.496 e. The van der Waals surface area contributed by atoms with Gasteiger partial charge in [0.25, 0.3) is 0 Å². The Labute approximate surface area is 90.2 Å². The molecular weight excluding hydrogens is 225 g/mol. The average molecular weight is 236 g/mol. The van der Waals surface area contributed by atoms with Crippen molar-refractivity contribution >= 4 is 0 Å². The van der Waals surface area contributed by atoms with Crippen LogP contribution in [0.2, 0.25) is 0 Å². The third kappa shape index (κ3) is 2.35. The minimum absolute atomic E-state index is 0.00308. The van der Waals surface area contributed by atoms with E-state index in [9.17, 15) is 13.2 Å². The fourth-order valence-electron chi connectivity index (χ4n) is 1.23. The lowest BCUT2D eigenvalue weighted by atomic mass is 10.1. The van der Waals surface area contributed by atoms with Gasteiger partial charge in [-0.05, 0) is 6.07 Å². The van der Waals surface area contributed by atoms with Crippen molar-refractivity contribution in [3.05, 3.63) is 17.8 Å². The molecule has 1 heterocycles. The Bertz CT molecular complexity index is 346. The van der Waals surface area contributed by atoms with Crippen LogP contribution in [-0.2, 0) is 0 Å². The standard InChI is InChI=1S/C9H11F3N2O2/c1-15-5-3-4-14-8(16-2)6(5)7(13)9(10,11)12/h3-4,7H,13H2,1-2H3. The number of halogens is 3. The summed E-state index contributed by atoms with van der Waals surface area (Å²) in [6, 6.07) is -0.894. The molecule has 1 atom stereocenters. The number of alkyl halides is 3. The third-order valence-corrected chi connectivity index (χ3v) is 1.99. The van der Waals surface area contributed by atoms with Crippen molar-refractivity contribution in [1.29, 1.82) is 0 Å². The highest BCUT2D eigenvalue weighted by Crippen LogP contribution is 2.39.